The van der Waals surface area contributed by atoms with Gasteiger partial charge in [-0.25, -0.2) is 23.1 Å². The van der Waals surface area contributed by atoms with Crippen molar-refractivity contribution >= 4 is 22.7 Å². The molecule has 4 rings (SSSR count). The Bertz CT molecular complexity index is 1360. The van der Waals surface area contributed by atoms with Crippen molar-refractivity contribution < 1.29 is 22.8 Å². The van der Waals surface area contributed by atoms with Crippen LogP contribution in [0.4, 0.5) is 13.2 Å². The van der Waals surface area contributed by atoms with Gasteiger partial charge in [0.05, 0.1) is 23.8 Å². The van der Waals surface area contributed by atoms with Gasteiger partial charge in [-0.3, -0.25) is 14.6 Å². The summed E-state index contributed by atoms with van der Waals surface area (Å²) in [6, 6.07) is 5.40. The highest BCUT2D eigenvalue weighted by atomic mass is 19.3. The molecule has 0 aliphatic carbocycles. The van der Waals surface area contributed by atoms with E-state index in [1.165, 1.54) is 19.1 Å². The van der Waals surface area contributed by atoms with Crippen LogP contribution in [0.25, 0.3) is 10.9 Å². The topological polar surface area (TPSA) is 83.7 Å². The second-order valence-corrected chi connectivity index (χ2v) is 8.36. The molecule has 1 aromatic carbocycles. The summed E-state index contributed by atoms with van der Waals surface area (Å²) < 4.78 is 42.4. The number of nitrogens with zero attached hydrogens (tertiary/aromatic N) is 6. The number of aromatic nitrogens is 3. The van der Waals surface area contributed by atoms with Crippen molar-refractivity contribution in [2.24, 2.45) is 12.0 Å². The number of carbonyl (C=O) groups is 2. The van der Waals surface area contributed by atoms with E-state index in [9.17, 15) is 22.8 Å². The maximum absolute atomic E-state index is 14.5. The molecule has 0 radical (unpaired) electrons. The lowest BCUT2D eigenvalue weighted by Gasteiger charge is -2.34. The minimum absolute atomic E-state index is 0.0253. The van der Waals surface area contributed by atoms with Gasteiger partial charge < -0.3 is 14.4 Å². The summed E-state index contributed by atoms with van der Waals surface area (Å²) in [6.45, 7) is 4.77. The fraction of sp³-hybridized carbons (Fsp3) is 0.375. The van der Waals surface area contributed by atoms with Crippen molar-refractivity contribution in [2.45, 2.75) is 26.8 Å². The minimum Gasteiger partial charge on any atom is -0.339 e. The van der Waals surface area contributed by atoms with Crippen molar-refractivity contribution in [2.75, 3.05) is 26.2 Å². The van der Waals surface area contributed by atoms with Crippen LogP contribution in [0.5, 0.6) is 0 Å². The lowest BCUT2D eigenvalue weighted by Crippen LogP contribution is -2.50. The molecule has 0 unspecified atom stereocenters. The van der Waals surface area contributed by atoms with Crippen molar-refractivity contribution in [3.05, 3.63) is 64.4 Å². The first-order valence-electron chi connectivity index (χ1n) is 11.1. The second-order valence-electron chi connectivity index (χ2n) is 8.36. The van der Waals surface area contributed by atoms with Crippen molar-refractivity contribution in [3.8, 4) is 0 Å². The number of pyridine rings is 1. The molecule has 184 valence electrons. The summed E-state index contributed by atoms with van der Waals surface area (Å²) in [7, 11) is 1.80. The molecule has 11 heteroatoms. The molecule has 2 amide bonds. The number of rotatable bonds is 4. The lowest BCUT2D eigenvalue weighted by atomic mass is 10.1. The standard InChI is InChI=1S/C24H25F3N6O2/c1-14-30-23(29-12-16-5-4-6-17(21(16)25)22(26)27)18-11-19(28-13-20(18)31(14)3)24(35)33-9-7-32(8-10-33)15(2)34/h4-6,11,13,22H,7-10,12H2,1-3H3/b29-23-. The van der Waals surface area contributed by atoms with E-state index in [-0.39, 0.29) is 35.1 Å². The molecule has 2 aromatic heterocycles. The zero-order valence-electron chi connectivity index (χ0n) is 19.6. The van der Waals surface area contributed by atoms with E-state index in [4.69, 9.17) is 0 Å². The summed E-state index contributed by atoms with van der Waals surface area (Å²) in [5.41, 5.74) is 0.471. The Morgan fingerprint density at radius 2 is 1.83 bits per heavy atom. The van der Waals surface area contributed by atoms with Crippen LogP contribution in [-0.2, 0) is 18.4 Å². The maximum atomic E-state index is 14.5. The third-order valence-electron chi connectivity index (χ3n) is 6.21. The molecule has 35 heavy (non-hydrogen) atoms. The molecule has 1 aliphatic heterocycles. The predicted molar refractivity (Wildman–Crippen MR) is 122 cm³/mol. The first-order valence-corrected chi connectivity index (χ1v) is 11.1. The van der Waals surface area contributed by atoms with Gasteiger partial charge in [0.15, 0.2) is 5.49 Å². The van der Waals surface area contributed by atoms with Gasteiger partial charge in [-0.15, -0.1) is 0 Å². The summed E-state index contributed by atoms with van der Waals surface area (Å²) in [4.78, 5) is 41.2. The summed E-state index contributed by atoms with van der Waals surface area (Å²) in [5, 5.41) is 0.532. The van der Waals surface area contributed by atoms with E-state index < -0.39 is 17.8 Å². The molecule has 0 N–H and O–H groups in total. The molecule has 1 aliphatic rings. The number of hydrogen-bond donors (Lipinski definition) is 0. The average Bonchev–Trinajstić information content (AvgIpc) is 2.85. The zero-order valence-corrected chi connectivity index (χ0v) is 19.6. The number of aryl methyl sites for hydroxylation is 2. The second kappa shape index (κ2) is 9.85. The molecule has 1 saturated heterocycles. The first-order chi connectivity index (χ1) is 16.7. The van der Waals surface area contributed by atoms with E-state index in [0.717, 1.165) is 6.07 Å². The van der Waals surface area contributed by atoms with E-state index >= 15 is 0 Å². The first kappa shape index (κ1) is 24.4. The molecular formula is C24H25F3N6O2. The van der Waals surface area contributed by atoms with E-state index in [1.807, 2.05) is 0 Å². The van der Waals surface area contributed by atoms with Gasteiger partial charge >= 0.3 is 0 Å². The Morgan fingerprint density at radius 3 is 2.49 bits per heavy atom. The molecule has 3 heterocycles. The lowest BCUT2D eigenvalue weighted by molar-refractivity contribution is -0.130. The van der Waals surface area contributed by atoms with Crippen LogP contribution in [0, 0.1) is 12.7 Å². The fourth-order valence-corrected chi connectivity index (χ4v) is 4.03. The van der Waals surface area contributed by atoms with Crippen LogP contribution in [-0.4, -0.2) is 62.3 Å². The normalized spacial score (nSPS) is 14.8. The van der Waals surface area contributed by atoms with Crippen LogP contribution in [0.1, 0.15) is 40.8 Å². The van der Waals surface area contributed by atoms with Gasteiger partial charge in [0, 0.05) is 51.1 Å². The summed E-state index contributed by atoms with van der Waals surface area (Å²) in [6.07, 6.45) is -1.37. The molecule has 0 atom stereocenters. The Balaban J connectivity index is 1.70. The fourth-order valence-electron chi connectivity index (χ4n) is 4.03. The van der Waals surface area contributed by atoms with Crippen molar-refractivity contribution in [1.29, 1.82) is 0 Å². The zero-order chi connectivity index (χ0) is 25.3. The SMILES string of the molecule is CC(=O)N1CCN(C(=O)c2cc3/c(=N/Cc4cccc(C(F)F)c4F)nc(C)n(C)c3cn2)CC1. The quantitative estimate of drug-likeness (QED) is 0.568. The Kier molecular flexibility index (Phi) is 6.86. The molecule has 0 bridgehead atoms. The predicted octanol–water partition coefficient (Wildman–Crippen LogP) is 2.76. The largest absolute Gasteiger partial charge is 0.339 e. The Morgan fingerprint density at radius 1 is 1.14 bits per heavy atom. The number of carbonyl (C=O) groups excluding carboxylic acids is 2. The molecule has 8 nitrogen and oxygen atoms in total. The van der Waals surface area contributed by atoms with Gasteiger partial charge in [0.2, 0.25) is 5.91 Å². The van der Waals surface area contributed by atoms with Crippen LogP contribution in [0.15, 0.2) is 35.5 Å². The van der Waals surface area contributed by atoms with Crippen LogP contribution < -0.4 is 5.49 Å². The highest BCUT2D eigenvalue weighted by molar-refractivity contribution is 5.95. The highest BCUT2D eigenvalue weighted by Gasteiger charge is 2.24. The number of benzene rings is 1. The number of hydrogen-bond acceptors (Lipinski definition) is 5. The Hall–Kier alpha value is -3.76. The van der Waals surface area contributed by atoms with Crippen LogP contribution >= 0.6 is 0 Å². The highest BCUT2D eigenvalue weighted by Crippen LogP contribution is 2.24. The third-order valence-corrected chi connectivity index (χ3v) is 6.21. The number of fused-ring (bicyclic) bond motifs is 1. The smallest absolute Gasteiger partial charge is 0.272 e. The molecule has 0 spiro atoms. The number of piperazine rings is 1. The van der Waals surface area contributed by atoms with Gasteiger partial charge in [-0.1, -0.05) is 18.2 Å². The molecule has 3 aromatic rings. The maximum Gasteiger partial charge on any atom is 0.272 e. The number of alkyl halides is 2. The van der Waals surface area contributed by atoms with Crippen LogP contribution in [0.2, 0.25) is 0 Å². The molecule has 0 saturated carbocycles. The summed E-state index contributed by atoms with van der Waals surface area (Å²) >= 11 is 0. The minimum atomic E-state index is -2.93. The van der Waals surface area contributed by atoms with Crippen LogP contribution in [0.3, 0.4) is 0 Å². The average molecular weight is 486 g/mol. The Labute approximate surface area is 199 Å². The summed E-state index contributed by atoms with van der Waals surface area (Å²) in [5.74, 6) is -0.688. The van der Waals surface area contributed by atoms with Crippen molar-refractivity contribution in [3.63, 3.8) is 0 Å². The number of amides is 2. The number of halogens is 3. The monoisotopic (exact) mass is 486 g/mol. The van der Waals surface area contributed by atoms with Gasteiger partial charge in [0.25, 0.3) is 12.3 Å². The van der Waals surface area contributed by atoms with Gasteiger partial charge in [-0.05, 0) is 13.0 Å². The van der Waals surface area contributed by atoms with E-state index in [2.05, 4.69) is 15.0 Å². The molecular weight excluding hydrogens is 461 g/mol. The van der Waals surface area contributed by atoms with Gasteiger partial charge in [0.1, 0.15) is 17.3 Å². The molecule has 1 fully saturated rings. The van der Waals surface area contributed by atoms with Gasteiger partial charge in [-0.2, -0.15) is 0 Å². The van der Waals surface area contributed by atoms with E-state index in [0.29, 0.717) is 42.9 Å². The third kappa shape index (κ3) is 4.89. The van der Waals surface area contributed by atoms with E-state index in [1.54, 1.807) is 40.6 Å². The van der Waals surface area contributed by atoms with Crippen molar-refractivity contribution in [1.82, 2.24) is 24.3 Å².